The number of carbonyl (C=O) groups excluding carboxylic acids is 1. The molecule has 1 aliphatic carbocycles. The van der Waals surface area contributed by atoms with Crippen molar-refractivity contribution in [1.82, 2.24) is 15.2 Å². The summed E-state index contributed by atoms with van der Waals surface area (Å²) in [5.74, 6) is 0.671. The minimum atomic E-state index is -0.0956. The zero-order valence-electron chi connectivity index (χ0n) is 12.6. The highest BCUT2D eigenvalue weighted by molar-refractivity contribution is 9.10. The summed E-state index contributed by atoms with van der Waals surface area (Å²) in [5.41, 5.74) is 1.35. The summed E-state index contributed by atoms with van der Waals surface area (Å²) in [6.45, 7) is 2.99. The van der Waals surface area contributed by atoms with Crippen LogP contribution in [0.1, 0.15) is 25.3 Å². The van der Waals surface area contributed by atoms with Gasteiger partial charge in [0.25, 0.3) is 0 Å². The molecule has 1 saturated carbocycles. The maximum absolute atomic E-state index is 12.4. The molecule has 1 aromatic rings. The second-order valence-electron chi connectivity index (χ2n) is 6.70. The second kappa shape index (κ2) is 5.34. The Bertz CT molecular complexity index is 577. The summed E-state index contributed by atoms with van der Waals surface area (Å²) in [4.78, 5) is 18.9. The van der Waals surface area contributed by atoms with Crippen molar-refractivity contribution in [2.75, 3.05) is 19.4 Å². The van der Waals surface area contributed by atoms with Crippen LogP contribution < -0.4 is 10.6 Å². The minimum Gasteiger partial charge on any atom is -0.309 e. The van der Waals surface area contributed by atoms with Crippen molar-refractivity contribution in [3.8, 4) is 0 Å². The van der Waals surface area contributed by atoms with Gasteiger partial charge in [-0.1, -0.05) is 13.0 Å². The van der Waals surface area contributed by atoms with Crippen molar-refractivity contribution in [2.24, 2.45) is 5.41 Å². The van der Waals surface area contributed by atoms with Crippen LogP contribution in [0.15, 0.2) is 16.7 Å². The number of carbonyl (C=O) groups is 1. The van der Waals surface area contributed by atoms with Gasteiger partial charge in [0.05, 0.1) is 6.04 Å². The second-order valence-corrected chi connectivity index (χ2v) is 7.52. The quantitative estimate of drug-likeness (QED) is 0.813. The molecule has 3 atom stereocenters. The molecule has 1 aliphatic heterocycles. The van der Waals surface area contributed by atoms with Crippen molar-refractivity contribution >= 4 is 27.7 Å². The summed E-state index contributed by atoms with van der Waals surface area (Å²) in [7, 11) is 4.00. The van der Waals surface area contributed by atoms with Gasteiger partial charge in [-0.05, 0) is 54.3 Å². The normalized spacial score (nSPS) is 30.3. The predicted octanol–water partition coefficient (Wildman–Crippen LogP) is 1.98. The van der Waals surface area contributed by atoms with E-state index in [0.717, 1.165) is 23.1 Å². The topological polar surface area (TPSA) is 57.3 Å². The van der Waals surface area contributed by atoms with Crippen LogP contribution in [0.3, 0.4) is 0 Å². The lowest BCUT2D eigenvalue weighted by Gasteiger charge is -2.17. The number of nitrogens with zero attached hydrogens (tertiary/aromatic N) is 2. The molecular weight excluding hydrogens is 332 g/mol. The van der Waals surface area contributed by atoms with E-state index >= 15 is 0 Å². The van der Waals surface area contributed by atoms with Gasteiger partial charge in [0.2, 0.25) is 5.91 Å². The number of piperidine rings is 1. The summed E-state index contributed by atoms with van der Waals surface area (Å²) in [6.07, 6.45) is 2.11. The molecular formula is C15H21BrN4O. The van der Waals surface area contributed by atoms with Gasteiger partial charge in [-0.2, -0.15) is 0 Å². The van der Waals surface area contributed by atoms with Crippen LogP contribution in [0.2, 0.25) is 0 Å². The molecule has 2 heterocycles. The monoisotopic (exact) mass is 352 g/mol. The molecule has 2 fully saturated rings. The van der Waals surface area contributed by atoms with E-state index in [1.54, 1.807) is 0 Å². The van der Waals surface area contributed by atoms with Gasteiger partial charge in [-0.15, -0.1) is 0 Å². The molecule has 1 saturated heterocycles. The van der Waals surface area contributed by atoms with Crippen LogP contribution >= 0.6 is 15.9 Å². The average Bonchev–Trinajstić information content (AvgIpc) is 2.90. The number of amides is 1. The Morgan fingerprint density at radius 2 is 2.29 bits per heavy atom. The van der Waals surface area contributed by atoms with Crippen LogP contribution in [-0.4, -0.2) is 42.0 Å². The molecule has 2 N–H and O–H groups in total. The minimum absolute atomic E-state index is 0.0223. The van der Waals surface area contributed by atoms with Crippen molar-refractivity contribution in [1.29, 1.82) is 0 Å². The maximum Gasteiger partial charge on any atom is 0.242 e. The van der Waals surface area contributed by atoms with E-state index in [1.807, 2.05) is 26.2 Å². The molecule has 0 radical (unpaired) electrons. The van der Waals surface area contributed by atoms with Crippen molar-refractivity contribution in [3.05, 3.63) is 22.3 Å². The molecule has 1 aromatic heterocycles. The molecule has 1 amide bonds. The lowest BCUT2D eigenvalue weighted by atomic mass is 10.0. The van der Waals surface area contributed by atoms with E-state index in [0.29, 0.717) is 17.3 Å². The summed E-state index contributed by atoms with van der Waals surface area (Å²) in [5, 5.41) is 6.39. The van der Waals surface area contributed by atoms with Crippen molar-refractivity contribution < 1.29 is 4.79 Å². The number of nitrogens with one attached hydrogen (secondary N) is 2. The Labute approximate surface area is 133 Å². The van der Waals surface area contributed by atoms with Crippen LogP contribution in [0.4, 0.5) is 5.82 Å². The van der Waals surface area contributed by atoms with E-state index in [4.69, 9.17) is 0 Å². The van der Waals surface area contributed by atoms with Crippen LogP contribution in [0.5, 0.6) is 0 Å². The number of aromatic nitrogens is 1. The van der Waals surface area contributed by atoms with Gasteiger partial charge in [0.15, 0.2) is 0 Å². The van der Waals surface area contributed by atoms with Crippen LogP contribution in [0.25, 0.3) is 0 Å². The number of fused-ring (bicyclic) bond motifs is 1. The molecule has 0 aromatic carbocycles. The fraction of sp³-hybridized carbons (Fsp3) is 0.600. The summed E-state index contributed by atoms with van der Waals surface area (Å²) >= 11 is 3.37. The molecule has 3 rings (SSSR count). The first kappa shape index (κ1) is 14.9. The third-order valence-electron chi connectivity index (χ3n) is 4.41. The fourth-order valence-electron chi connectivity index (χ4n) is 3.07. The van der Waals surface area contributed by atoms with Gasteiger partial charge in [-0.25, -0.2) is 4.98 Å². The molecule has 2 aliphatic rings. The van der Waals surface area contributed by atoms with E-state index in [-0.39, 0.29) is 11.9 Å². The van der Waals surface area contributed by atoms with E-state index in [9.17, 15) is 4.79 Å². The van der Waals surface area contributed by atoms with Gasteiger partial charge in [0.1, 0.15) is 10.4 Å². The molecule has 6 heteroatoms. The Morgan fingerprint density at radius 1 is 1.52 bits per heavy atom. The van der Waals surface area contributed by atoms with Gasteiger partial charge >= 0.3 is 0 Å². The summed E-state index contributed by atoms with van der Waals surface area (Å²) in [6, 6.07) is 4.32. The molecule has 114 valence electrons. The average molecular weight is 353 g/mol. The zero-order valence-corrected chi connectivity index (χ0v) is 14.2. The van der Waals surface area contributed by atoms with E-state index in [2.05, 4.69) is 43.4 Å². The number of hydrogen-bond acceptors (Lipinski definition) is 4. The highest BCUT2D eigenvalue weighted by atomic mass is 79.9. The Kier molecular flexibility index (Phi) is 3.80. The standard InChI is InChI=1S/C15H21BrN4O/c1-15-6-10(17-11(15)7-15)14(21)19-13-9(8-20(2)3)4-5-12(16)18-13/h4-5,10-11,17H,6-8H2,1-3H3,(H,18,19,21)/t10-,11?,15-/m0/s1. The van der Waals surface area contributed by atoms with Crippen molar-refractivity contribution in [2.45, 2.75) is 38.4 Å². The maximum atomic E-state index is 12.4. The Morgan fingerprint density at radius 3 is 2.90 bits per heavy atom. The van der Waals surface area contributed by atoms with Crippen LogP contribution in [0, 0.1) is 5.41 Å². The fourth-order valence-corrected chi connectivity index (χ4v) is 3.38. The largest absolute Gasteiger partial charge is 0.309 e. The third kappa shape index (κ3) is 3.12. The number of pyridine rings is 1. The molecule has 21 heavy (non-hydrogen) atoms. The Hall–Kier alpha value is -0.980. The first-order valence-electron chi connectivity index (χ1n) is 7.24. The van der Waals surface area contributed by atoms with E-state index < -0.39 is 0 Å². The first-order valence-corrected chi connectivity index (χ1v) is 8.04. The molecule has 0 spiro atoms. The number of rotatable bonds is 4. The Balaban J connectivity index is 1.71. The number of halogens is 1. The zero-order chi connectivity index (χ0) is 15.2. The lowest BCUT2D eigenvalue weighted by Crippen LogP contribution is -2.38. The molecule has 0 bridgehead atoms. The van der Waals surface area contributed by atoms with Crippen molar-refractivity contribution in [3.63, 3.8) is 0 Å². The smallest absolute Gasteiger partial charge is 0.242 e. The third-order valence-corrected chi connectivity index (χ3v) is 4.86. The van der Waals surface area contributed by atoms with Gasteiger partial charge in [0, 0.05) is 18.2 Å². The highest BCUT2D eigenvalue weighted by Crippen LogP contribution is 2.53. The highest BCUT2D eigenvalue weighted by Gasteiger charge is 2.58. The molecule has 5 nitrogen and oxygen atoms in total. The van der Waals surface area contributed by atoms with Crippen LogP contribution in [-0.2, 0) is 11.3 Å². The lowest BCUT2D eigenvalue weighted by molar-refractivity contribution is -0.118. The predicted molar refractivity (Wildman–Crippen MR) is 86.0 cm³/mol. The summed E-state index contributed by atoms with van der Waals surface area (Å²) < 4.78 is 0.731. The molecule has 1 unspecified atom stereocenters. The van der Waals surface area contributed by atoms with E-state index in [1.165, 1.54) is 6.42 Å². The first-order chi connectivity index (χ1) is 9.87. The van der Waals surface area contributed by atoms with Gasteiger partial charge < -0.3 is 15.5 Å². The SMILES string of the molecule is CN(C)Cc1ccc(Br)nc1NC(=O)[C@@H]1C[C@@]2(C)CC2N1. The van der Waals surface area contributed by atoms with Gasteiger partial charge in [-0.3, -0.25) is 4.79 Å². The number of anilines is 1. The number of hydrogen-bond donors (Lipinski definition) is 2.